The molecule has 2 aliphatic rings. The van der Waals surface area contributed by atoms with Crippen LogP contribution in [0.1, 0.15) is 32.1 Å². The fourth-order valence-electron chi connectivity index (χ4n) is 1.67. The zero-order valence-corrected chi connectivity index (χ0v) is 10.4. The lowest BCUT2D eigenvalue weighted by atomic mass is 10.3. The summed E-state index contributed by atoms with van der Waals surface area (Å²) in [5.74, 6) is 1.69. The summed E-state index contributed by atoms with van der Waals surface area (Å²) in [6.07, 6.45) is 4.61. The molecule has 90 valence electrons. The van der Waals surface area contributed by atoms with Gasteiger partial charge >= 0.3 is 0 Å². The molecule has 2 rings (SSSR count). The van der Waals surface area contributed by atoms with E-state index >= 15 is 0 Å². The van der Waals surface area contributed by atoms with E-state index < -0.39 is 19.7 Å². The average molecular weight is 254 g/mol. The Bertz CT molecular complexity index is 356. The Morgan fingerprint density at radius 1 is 0.467 bits per heavy atom. The van der Waals surface area contributed by atoms with Gasteiger partial charge in [-0.25, -0.2) is 16.8 Å². The van der Waals surface area contributed by atoms with Crippen molar-refractivity contribution in [2.45, 2.75) is 32.1 Å². The summed E-state index contributed by atoms with van der Waals surface area (Å²) in [5.41, 5.74) is 0. The van der Waals surface area contributed by atoms with Crippen molar-refractivity contribution >= 4 is 19.7 Å². The smallest absolute Gasteiger partial charge is 0.150 e. The van der Waals surface area contributed by atoms with E-state index in [-0.39, 0.29) is 0 Å². The lowest BCUT2D eigenvalue weighted by Crippen LogP contribution is -2.15. The first-order chi connectivity index (χ1) is 6.91. The van der Waals surface area contributed by atoms with Crippen molar-refractivity contribution in [1.29, 1.82) is 0 Å². The quantitative estimate of drug-likeness (QED) is 0.640. The van der Waals surface area contributed by atoms with Gasteiger partial charge in [0.25, 0.3) is 0 Å². The topological polar surface area (TPSA) is 68.3 Å². The standard InChI is InChI=1S/C5H10O2S.C4H8O2S/c6-8(7)4-2-1-3-5-8;5-7(6)3-1-2-4-7/h1-5H2;1-4H2. The highest BCUT2D eigenvalue weighted by atomic mass is 32.2. The Balaban J connectivity index is 0.000000151. The Kier molecular flexibility index (Phi) is 4.58. The molecule has 0 aromatic heterocycles. The van der Waals surface area contributed by atoms with Gasteiger partial charge in [-0.2, -0.15) is 0 Å². The third-order valence-electron chi connectivity index (χ3n) is 2.57. The highest BCUT2D eigenvalue weighted by molar-refractivity contribution is 7.91. The molecule has 0 unspecified atom stereocenters. The minimum atomic E-state index is -2.58. The van der Waals surface area contributed by atoms with Crippen LogP contribution in [0.25, 0.3) is 0 Å². The lowest BCUT2D eigenvalue weighted by molar-refractivity contribution is 0.575. The Hall–Kier alpha value is -0.100. The Labute approximate surface area is 91.9 Å². The second-order valence-electron chi connectivity index (χ2n) is 4.07. The lowest BCUT2D eigenvalue weighted by Gasteiger charge is -2.08. The third kappa shape index (κ3) is 5.51. The van der Waals surface area contributed by atoms with Crippen molar-refractivity contribution < 1.29 is 16.8 Å². The van der Waals surface area contributed by atoms with E-state index in [2.05, 4.69) is 0 Å². The van der Waals surface area contributed by atoms with Crippen LogP contribution in [0.4, 0.5) is 0 Å². The molecule has 2 aliphatic heterocycles. The van der Waals surface area contributed by atoms with Crippen molar-refractivity contribution in [1.82, 2.24) is 0 Å². The predicted molar refractivity (Wildman–Crippen MR) is 60.4 cm³/mol. The summed E-state index contributed by atoms with van der Waals surface area (Å²) in [6.45, 7) is 0. The molecule has 0 amide bonds. The minimum Gasteiger partial charge on any atom is -0.229 e. The molecular weight excluding hydrogens is 236 g/mol. The maximum Gasteiger partial charge on any atom is 0.150 e. The Morgan fingerprint density at radius 2 is 0.733 bits per heavy atom. The van der Waals surface area contributed by atoms with Gasteiger partial charge in [-0.05, 0) is 25.7 Å². The molecule has 0 atom stereocenters. The summed E-state index contributed by atoms with van der Waals surface area (Å²) in [4.78, 5) is 0. The van der Waals surface area contributed by atoms with Gasteiger partial charge in [0.05, 0.1) is 23.0 Å². The second kappa shape index (κ2) is 5.30. The van der Waals surface area contributed by atoms with E-state index in [9.17, 15) is 16.8 Å². The number of hydrogen-bond acceptors (Lipinski definition) is 4. The third-order valence-corrected chi connectivity index (χ3v) is 6.21. The minimum absolute atomic E-state index is 0.424. The molecule has 6 heteroatoms. The monoisotopic (exact) mass is 254 g/mol. The largest absolute Gasteiger partial charge is 0.229 e. The number of hydrogen-bond donors (Lipinski definition) is 0. The van der Waals surface area contributed by atoms with Crippen LogP contribution < -0.4 is 0 Å². The van der Waals surface area contributed by atoms with Crippen LogP contribution >= 0.6 is 0 Å². The first kappa shape index (κ1) is 13.0. The molecular formula is C9H18O4S2. The van der Waals surface area contributed by atoms with Gasteiger partial charge in [0.1, 0.15) is 19.7 Å². The molecule has 2 heterocycles. The molecule has 2 saturated heterocycles. The first-order valence-electron chi connectivity index (χ1n) is 5.32. The van der Waals surface area contributed by atoms with Crippen molar-refractivity contribution in [3.8, 4) is 0 Å². The van der Waals surface area contributed by atoms with Gasteiger partial charge in [-0.3, -0.25) is 0 Å². The van der Waals surface area contributed by atoms with E-state index in [0.717, 1.165) is 32.1 Å². The van der Waals surface area contributed by atoms with Crippen LogP contribution in [0.5, 0.6) is 0 Å². The molecule has 2 fully saturated rings. The average Bonchev–Trinajstić information content (AvgIpc) is 2.51. The maximum absolute atomic E-state index is 10.7. The van der Waals surface area contributed by atoms with Gasteiger partial charge in [-0.1, -0.05) is 6.42 Å². The second-order valence-corrected chi connectivity index (χ2v) is 8.68. The van der Waals surface area contributed by atoms with E-state index in [1.807, 2.05) is 0 Å². The molecule has 0 spiro atoms. The van der Waals surface area contributed by atoms with Gasteiger partial charge in [0.2, 0.25) is 0 Å². The fourth-order valence-corrected chi connectivity index (χ4v) is 4.65. The van der Waals surface area contributed by atoms with Gasteiger partial charge in [0, 0.05) is 0 Å². The van der Waals surface area contributed by atoms with Crippen LogP contribution in [0.15, 0.2) is 0 Å². The first-order valence-corrected chi connectivity index (χ1v) is 8.96. The van der Waals surface area contributed by atoms with Gasteiger partial charge < -0.3 is 0 Å². The van der Waals surface area contributed by atoms with Crippen LogP contribution in [0.3, 0.4) is 0 Å². The molecule has 0 bridgehead atoms. The number of rotatable bonds is 0. The maximum atomic E-state index is 10.7. The van der Waals surface area contributed by atoms with Crippen molar-refractivity contribution in [2.75, 3.05) is 23.0 Å². The van der Waals surface area contributed by atoms with Gasteiger partial charge in [-0.15, -0.1) is 0 Å². The Morgan fingerprint density at radius 3 is 0.933 bits per heavy atom. The summed E-state index contributed by atoms with van der Waals surface area (Å²) < 4.78 is 42.2. The summed E-state index contributed by atoms with van der Waals surface area (Å²) >= 11 is 0. The zero-order valence-electron chi connectivity index (χ0n) is 8.81. The van der Waals surface area contributed by atoms with Crippen molar-refractivity contribution in [3.63, 3.8) is 0 Å². The van der Waals surface area contributed by atoms with Gasteiger partial charge in [0.15, 0.2) is 0 Å². The van der Waals surface area contributed by atoms with Crippen LogP contribution in [0.2, 0.25) is 0 Å². The highest BCUT2D eigenvalue weighted by Gasteiger charge is 2.16. The summed E-state index contributed by atoms with van der Waals surface area (Å²) in [5, 5.41) is 0. The number of sulfone groups is 2. The summed E-state index contributed by atoms with van der Waals surface area (Å²) in [6, 6.07) is 0. The summed E-state index contributed by atoms with van der Waals surface area (Å²) in [7, 11) is -5.13. The molecule has 0 N–H and O–H groups in total. The predicted octanol–water partition coefficient (Wildman–Crippen LogP) is 0.780. The fraction of sp³-hybridized carbons (Fsp3) is 1.00. The molecule has 0 aromatic rings. The molecule has 0 saturated carbocycles. The molecule has 0 aliphatic carbocycles. The van der Waals surface area contributed by atoms with Crippen LogP contribution in [-0.4, -0.2) is 39.8 Å². The SMILES string of the molecule is O=S1(=O)CCCC1.O=S1(=O)CCCCC1. The van der Waals surface area contributed by atoms with E-state index in [1.54, 1.807) is 0 Å². The molecule has 15 heavy (non-hydrogen) atoms. The van der Waals surface area contributed by atoms with E-state index in [0.29, 0.717) is 23.0 Å². The highest BCUT2D eigenvalue weighted by Crippen LogP contribution is 2.09. The van der Waals surface area contributed by atoms with E-state index in [1.165, 1.54) is 0 Å². The molecule has 0 aromatic carbocycles. The van der Waals surface area contributed by atoms with Crippen molar-refractivity contribution in [2.24, 2.45) is 0 Å². The van der Waals surface area contributed by atoms with Crippen LogP contribution in [0, 0.1) is 0 Å². The zero-order chi connectivity index (χ0) is 11.4. The molecule has 0 radical (unpaired) electrons. The van der Waals surface area contributed by atoms with Crippen LogP contribution in [-0.2, 0) is 19.7 Å². The molecule has 4 nitrogen and oxygen atoms in total. The van der Waals surface area contributed by atoms with Crippen molar-refractivity contribution in [3.05, 3.63) is 0 Å². The van der Waals surface area contributed by atoms with E-state index in [4.69, 9.17) is 0 Å². The normalized spacial score (nSPS) is 27.7.